The zero-order valence-corrected chi connectivity index (χ0v) is 14.3. The number of unbranched alkanes of at least 4 members (excludes halogenated alkanes) is 1. The average Bonchev–Trinajstić information content (AvgIpc) is 3.10. The van der Waals surface area contributed by atoms with E-state index in [1.807, 2.05) is 13.8 Å². The Balaban J connectivity index is 1.79. The maximum atomic E-state index is 10.5. The molecule has 0 saturated carbocycles. The second-order valence-corrected chi connectivity index (χ2v) is 7.20. The van der Waals surface area contributed by atoms with Crippen molar-refractivity contribution in [2.75, 3.05) is 6.54 Å². The Labute approximate surface area is 139 Å². The fraction of sp³-hybridized carbons (Fsp3) is 0.833. The lowest BCUT2D eigenvalue weighted by molar-refractivity contribution is -0.137. The van der Waals surface area contributed by atoms with Crippen molar-refractivity contribution in [3.05, 3.63) is 12.2 Å². The van der Waals surface area contributed by atoms with Crippen molar-refractivity contribution >= 4 is 5.97 Å². The maximum Gasteiger partial charge on any atom is 0.303 e. The highest BCUT2D eigenvalue weighted by Crippen LogP contribution is 2.41. The van der Waals surface area contributed by atoms with Gasteiger partial charge in [-0.25, -0.2) is 0 Å². The molecule has 0 aromatic rings. The van der Waals surface area contributed by atoms with Gasteiger partial charge in [-0.2, -0.15) is 0 Å². The van der Waals surface area contributed by atoms with Crippen LogP contribution in [0.5, 0.6) is 0 Å². The number of ether oxygens (including phenoxy) is 1. The minimum atomic E-state index is -0.729. The number of carboxylic acid groups (broad SMARTS) is 1. The van der Waals surface area contributed by atoms with E-state index in [-0.39, 0.29) is 12.5 Å². The molecule has 2 heterocycles. The van der Waals surface area contributed by atoms with Crippen LogP contribution in [0.1, 0.15) is 58.8 Å². The molecule has 2 saturated heterocycles. The van der Waals surface area contributed by atoms with Crippen LogP contribution in [0.25, 0.3) is 0 Å². The van der Waals surface area contributed by atoms with Crippen molar-refractivity contribution < 1.29 is 19.7 Å². The van der Waals surface area contributed by atoms with Crippen LogP contribution in [0.3, 0.4) is 0 Å². The molecule has 0 amide bonds. The number of hydrogen-bond donors (Lipinski definition) is 3. The third-order valence-electron chi connectivity index (χ3n) is 5.24. The molecule has 2 aliphatic rings. The van der Waals surface area contributed by atoms with Crippen LogP contribution >= 0.6 is 0 Å². The molecule has 0 spiro atoms. The highest BCUT2D eigenvalue weighted by molar-refractivity contribution is 5.66. The zero-order valence-electron chi connectivity index (χ0n) is 14.3. The van der Waals surface area contributed by atoms with Gasteiger partial charge < -0.3 is 20.3 Å². The molecule has 0 aromatic carbocycles. The van der Waals surface area contributed by atoms with Gasteiger partial charge in [-0.15, -0.1) is 0 Å². The minimum Gasteiger partial charge on any atom is -0.481 e. The van der Waals surface area contributed by atoms with Gasteiger partial charge in [0.25, 0.3) is 0 Å². The minimum absolute atomic E-state index is 0.234. The average molecular weight is 325 g/mol. The summed E-state index contributed by atoms with van der Waals surface area (Å²) in [7, 11) is 0. The van der Waals surface area contributed by atoms with Gasteiger partial charge in [0.05, 0.1) is 17.8 Å². The number of hydrogen-bond acceptors (Lipinski definition) is 4. The SMILES string of the molecule is CCC(C)(O)CN[C@H]1[C@@H](C/C=C\CCCC(=O)O)[C@H]2CC[C@@H]1O2. The standard InChI is InChI=1S/C18H31NO4/c1-3-18(2,22)12-19-17-13(14-10-11-15(17)23-14)8-6-4-5-7-9-16(20)21/h4,6,13-15,17,19,22H,3,5,7-12H2,1-2H3,(H,20,21)/b6-4-/t13-,14+,15-,17-,18?/m0/s1. The fourth-order valence-corrected chi connectivity index (χ4v) is 3.56. The van der Waals surface area contributed by atoms with Gasteiger partial charge in [-0.3, -0.25) is 4.79 Å². The Morgan fingerprint density at radius 2 is 2.09 bits per heavy atom. The smallest absolute Gasteiger partial charge is 0.303 e. The second-order valence-electron chi connectivity index (χ2n) is 7.20. The number of nitrogens with one attached hydrogen (secondary N) is 1. The summed E-state index contributed by atoms with van der Waals surface area (Å²) < 4.78 is 6.05. The molecule has 0 aliphatic carbocycles. The second kappa shape index (κ2) is 8.27. The van der Waals surface area contributed by atoms with E-state index < -0.39 is 11.6 Å². The summed E-state index contributed by atoms with van der Waals surface area (Å²) >= 11 is 0. The van der Waals surface area contributed by atoms with Gasteiger partial charge in [0.1, 0.15) is 0 Å². The summed E-state index contributed by atoms with van der Waals surface area (Å²) in [5, 5.41) is 22.4. The highest BCUT2D eigenvalue weighted by atomic mass is 16.5. The molecular weight excluding hydrogens is 294 g/mol. The lowest BCUT2D eigenvalue weighted by Gasteiger charge is -2.31. The van der Waals surface area contributed by atoms with Crippen LogP contribution < -0.4 is 5.32 Å². The normalized spacial score (nSPS) is 32.5. The summed E-state index contributed by atoms with van der Waals surface area (Å²) in [5.74, 6) is -0.274. The van der Waals surface area contributed by atoms with Crippen molar-refractivity contribution in [1.29, 1.82) is 0 Å². The van der Waals surface area contributed by atoms with E-state index in [0.717, 1.165) is 32.1 Å². The molecule has 5 nitrogen and oxygen atoms in total. The molecule has 132 valence electrons. The fourth-order valence-electron chi connectivity index (χ4n) is 3.56. The van der Waals surface area contributed by atoms with Crippen LogP contribution in [0.15, 0.2) is 12.2 Å². The van der Waals surface area contributed by atoms with Crippen LogP contribution in [-0.2, 0) is 9.53 Å². The quantitative estimate of drug-likeness (QED) is 0.425. The first kappa shape index (κ1) is 18.4. The molecule has 2 fully saturated rings. The molecule has 0 radical (unpaired) electrons. The molecule has 2 bridgehead atoms. The van der Waals surface area contributed by atoms with Gasteiger partial charge in [-0.1, -0.05) is 19.1 Å². The Morgan fingerprint density at radius 3 is 2.78 bits per heavy atom. The largest absolute Gasteiger partial charge is 0.481 e. The van der Waals surface area contributed by atoms with Crippen molar-refractivity contribution in [1.82, 2.24) is 5.32 Å². The van der Waals surface area contributed by atoms with Crippen LogP contribution in [0.4, 0.5) is 0 Å². The van der Waals surface area contributed by atoms with Gasteiger partial charge >= 0.3 is 5.97 Å². The van der Waals surface area contributed by atoms with E-state index in [0.29, 0.717) is 31.0 Å². The van der Waals surface area contributed by atoms with E-state index >= 15 is 0 Å². The molecule has 0 aromatic heterocycles. The van der Waals surface area contributed by atoms with E-state index in [9.17, 15) is 9.90 Å². The maximum absolute atomic E-state index is 10.5. The van der Waals surface area contributed by atoms with Crippen LogP contribution in [0.2, 0.25) is 0 Å². The van der Waals surface area contributed by atoms with E-state index in [2.05, 4.69) is 17.5 Å². The number of aliphatic carboxylic acids is 1. The van der Waals surface area contributed by atoms with Crippen LogP contribution in [0, 0.1) is 5.92 Å². The Kier molecular flexibility index (Phi) is 6.62. The molecule has 2 aliphatic heterocycles. The number of carbonyl (C=O) groups is 1. The van der Waals surface area contributed by atoms with Crippen molar-refractivity contribution in [2.24, 2.45) is 5.92 Å². The highest BCUT2D eigenvalue weighted by Gasteiger charge is 2.48. The van der Waals surface area contributed by atoms with E-state index in [4.69, 9.17) is 9.84 Å². The number of carboxylic acids is 1. The Bertz CT molecular complexity index is 421. The molecule has 3 N–H and O–H groups in total. The molecule has 1 unspecified atom stereocenters. The third kappa shape index (κ3) is 5.30. The number of aliphatic hydroxyl groups is 1. The van der Waals surface area contributed by atoms with Gasteiger partial charge in [0.15, 0.2) is 0 Å². The topological polar surface area (TPSA) is 78.8 Å². The molecule has 5 atom stereocenters. The molecule has 5 heteroatoms. The lowest BCUT2D eigenvalue weighted by Crippen LogP contribution is -2.49. The number of fused-ring (bicyclic) bond motifs is 2. The predicted molar refractivity (Wildman–Crippen MR) is 89.3 cm³/mol. The van der Waals surface area contributed by atoms with Crippen molar-refractivity contribution in [3.8, 4) is 0 Å². The summed E-state index contributed by atoms with van der Waals surface area (Å²) in [6, 6.07) is 0.315. The first-order valence-electron chi connectivity index (χ1n) is 8.91. The summed E-state index contributed by atoms with van der Waals surface area (Å²) in [4.78, 5) is 10.5. The first-order valence-corrected chi connectivity index (χ1v) is 8.91. The molecular formula is C18H31NO4. The van der Waals surface area contributed by atoms with Crippen molar-refractivity contribution in [3.63, 3.8) is 0 Å². The van der Waals surface area contributed by atoms with Gasteiger partial charge in [-0.05, 0) is 45.4 Å². The van der Waals surface area contributed by atoms with E-state index in [1.165, 1.54) is 0 Å². The Morgan fingerprint density at radius 1 is 1.35 bits per heavy atom. The number of allylic oxidation sites excluding steroid dienone is 2. The Hall–Kier alpha value is -0.910. The zero-order chi connectivity index (χ0) is 16.9. The third-order valence-corrected chi connectivity index (χ3v) is 5.24. The summed E-state index contributed by atoms with van der Waals surface area (Å²) in [6.07, 6.45) is 10.5. The first-order chi connectivity index (χ1) is 10.9. The molecule has 23 heavy (non-hydrogen) atoms. The number of rotatable bonds is 10. The summed E-state index contributed by atoms with van der Waals surface area (Å²) in [6.45, 7) is 4.46. The summed E-state index contributed by atoms with van der Waals surface area (Å²) in [5.41, 5.74) is -0.668. The monoisotopic (exact) mass is 325 g/mol. The van der Waals surface area contributed by atoms with Crippen LogP contribution in [-0.4, -0.2) is 46.6 Å². The predicted octanol–water partition coefficient (Wildman–Crippen LogP) is 2.48. The van der Waals surface area contributed by atoms with Gasteiger partial charge in [0, 0.05) is 24.9 Å². The molecule has 2 rings (SSSR count). The van der Waals surface area contributed by atoms with E-state index in [1.54, 1.807) is 0 Å². The lowest BCUT2D eigenvalue weighted by atomic mass is 9.82. The van der Waals surface area contributed by atoms with Gasteiger partial charge in [0.2, 0.25) is 0 Å². The van der Waals surface area contributed by atoms with Crippen molar-refractivity contribution in [2.45, 2.75) is 82.6 Å².